The van der Waals surface area contributed by atoms with Gasteiger partial charge in [0.15, 0.2) is 11.6 Å². The summed E-state index contributed by atoms with van der Waals surface area (Å²) in [5.41, 5.74) is 4.58. The molecular weight excluding hydrogens is 398 g/mol. The molecule has 0 fully saturated rings. The van der Waals surface area contributed by atoms with E-state index in [1.54, 1.807) is 4.68 Å². The number of carbonyl (C=O) groups is 1. The Bertz CT molecular complexity index is 1160. The largest absolute Gasteiger partial charge is 0.378 e. The molecule has 1 atom stereocenters. The molecule has 1 aliphatic heterocycles. The van der Waals surface area contributed by atoms with Crippen LogP contribution in [-0.2, 0) is 4.79 Å². The molecular formula is C23H22ClN5O. The second kappa shape index (κ2) is 7.29. The lowest BCUT2D eigenvalue weighted by Crippen LogP contribution is -2.31. The van der Waals surface area contributed by atoms with Gasteiger partial charge in [-0.1, -0.05) is 29.8 Å². The zero-order chi connectivity index (χ0) is 20.8. The number of carbonyl (C=O) groups excluding carboxylic acids is 1. The summed E-state index contributed by atoms with van der Waals surface area (Å²) >= 11 is 6.55. The number of anilines is 2. The van der Waals surface area contributed by atoms with Gasteiger partial charge in [0, 0.05) is 53.6 Å². The van der Waals surface area contributed by atoms with E-state index in [0.29, 0.717) is 23.2 Å². The zero-order valence-electron chi connectivity index (χ0n) is 16.9. The molecule has 0 unspecified atom stereocenters. The fraction of sp³-hybridized carbons (Fsp3) is 0.261. The third kappa shape index (κ3) is 3.08. The van der Waals surface area contributed by atoms with E-state index in [0.717, 1.165) is 40.9 Å². The Morgan fingerprint density at radius 1 is 1.10 bits per heavy atom. The van der Waals surface area contributed by atoms with Crippen molar-refractivity contribution in [1.29, 1.82) is 0 Å². The summed E-state index contributed by atoms with van der Waals surface area (Å²) in [6.07, 6.45) is 2.21. The number of hydrogen-bond donors (Lipinski definition) is 1. The first-order valence-corrected chi connectivity index (χ1v) is 10.4. The Labute approximate surface area is 180 Å². The van der Waals surface area contributed by atoms with Crippen molar-refractivity contribution in [2.24, 2.45) is 0 Å². The number of halogens is 1. The van der Waals surface area contributed by atoms with Crippen LogP contribution in [-0.4, -0.2) is 34.6 Å². The summed E-state index contributed by atoms with van der Waals surface area (Å²) < 4.78 is 1.80. The summed E-state index contributed by atoms with van der Waals surface area (Å²) in [6.45, 7) is 0. The van der Waals surface area contributed by atoms with E-state index in [1.165, 1.54) is 0 Å². The van der Waals surface area contributed by atoms with Crippen molar-refractivity contribution in [2.45, 2.75) is 25.3 Å². The molecule has 1 aromatic heterocycles. The molecule has 152 valence electrons. The molecule has 6 nitrogen and oxygen atoms in total. The topological polar surface area (TPSA) is 63.1 Å². The molecule has 0 bridgehead atoms. The first-order chi connectivity index (χ1) is 14.5. The molecule has 0 spiro atoms. The number of benzene rings is 2. The van der Waals surface area contributed by atoms with Gasteiger partial charge >= 0.3 is 0 Å². The molecule has 0 saturated carbocycles. The maximum atomic E-state index is 12.9. The number of rotatable bonds is 3. The van der Waals surface area contributed by atoms with Crippen molar-refractivity contribution < 1.29 is 4.79 Å². The SMILES string of the molecule is CN(C)c1ccc(-c2nc3n(n2)[C@@H](c2ccccc2Cl)C2=C(CCCC2=O)N3)cc1. The number of aromatic nitrogens is 3. The summed E-state index contributed by atoms with van der Waals surface area (Å²) in [6, 6.07) is 15.4. The number of hydrogen-bond acceptors (Lipinski definition) is 5. The minimum absolute atomic E-state index is 0.145. The minimum atomic E-state index is -0.375. The van der Waals surface area contributed by atoms with Crippen LogP contribution in [0.25, 0.3) is 11.4 Å². The van der Waals surface area contributed by atoms with Crippen LogP contribution in [0.5, 0.6) is 0 Å². The number of ketones is 1. The van der Waals surface area contributed by atoms with Crippen LogP contribution < -0.4 is 10.2 Å². The van der Waals surface area contributed by atoms with Gasteiger partial charge in [-0.15, -0.1) is 5.10 Å². The van der Waals surface area contributed by atoms with E-state index in [2.05, 4.69) is 5.32 Å². The van der Waals surface area contributed by atoms with E-state index in [-0.39, 0.29) is 11.8 Å². The van der Waals surface area contributed by atoms with Gasteiger partial charge in [-0.2, -0.15) is 4.98 Å². The molecule has 7 heteroatoms. The van der Waals surface area contributed by atoms with E-state index < -0.39 is 0 Å². The maximum absolute atomic E-state index is 12.9. The van der Waals surface area contributed by atoms with Crippen LogP contribution in [0.1, 0.15) is 30.9 Å². The van der Waals surface area contributed by atoms with E-state index in [9.17, 15) is 4.79 Å². The number of fused-ring (bicyclic) bond motifs is 1. The van der Waals surface area contributed by atoms with Gasteiger partial charge < -0.3 is 10.2 Å². The van der Waals surface area contributed by atoms with Crippen molar-refractivity contribution in [3.8, 4) is 11.4 Å². The van der Waals surface area contributed by atoms with Crippen molar-refractivity contribution in [2.75, 3.05) is 24.3 Å². The summed E-state index contributed by atoms with van der Waals surface area (Å²) in [7, 11) is 4.02. The lowest BCUT2D eigenvalue weighted by molar-refractivity contribution is -0.116. The second-order valence-electron chi connectivity index (χ2n) is 7.86. The van der Waals surface area contributed by atoms with Gasteiger partial charge in [-0.05, 0) is 43.2 Å². The quantitative estimate of drug-likeness (QED) is 0.667. The Hall–Kier alpha value is -3.12. The van der Waals surface area contributed by atoms with E-state index in [1.807, 2.05) is 67.5 Å². The van der Waals surface area contributed by atoms with Gasteiger partial charge in [0.2, 0.25) is 5.95 Å². The van der Waals surface area contributed by atoms with Gasteiger partial charge in [0.1, 0.15) is 6.04 Å². The zero-order valence-corrected chi connectivity index (χ0v) is 17.6. The molecule has 2 aromatic carbocycles. The van der Waals surface area contributed by atoms with Crippen molar-refractivity contribution >= 4 is 29.0 Å². The fourth-order valence-electron chi connectivity index (χ4n) is 4.17. The standard InChI is InChI=1S/C23H22ClN5O/c1-28(2)15-12-10-14(11-13-15)22-26-23-25-18-8-5-9-19(30)20(18)21(29(23)27-22)16-6-3-4-7-17(16)24/h3-4,6-7,10-13,21H,5,8-9H2,1-2H3,(H,25,26,27)/t21-/m0/s1. The number of Topliss-reactive ketones (excluding diaryl/α,β-unsaturated/α-hetero) is 1. The predicted octanol–water partition coefficient (Wildman–Crippen LogP) is 4.69. The molecule has 30 heavy (non-hydrogen) atoms. The smallest absolute Gasteiger partial charge is 0.226 e. The first kappa shape index (κ1) is 18.9. The fourth-order valence-corrected chi connectivity index (χ4v) is 4.41. The molecule has 0 radical (unpaired) electrons. The van der Waals surface area contributed by atoms with Crippen LogP contribution in [0.3, 0.4) is 0 Å². The van der Waals surface area contributed by atoms with Gasteiger partial charge in [-0.25, -0.2) is 4.68 Å². The van der Waals surface area contributed by atoms with Crippen LogP contribution in [0.4, 0.5) is 11.6 Å². The van der Waals surface area contributed by atoms with E-state index >= 15 is 0 Å². The summed E-state index contributed by atoms with van der Waals surface area (Å²) in [5, 5.41) is 8.79. The average molecular weight is 420 g/mol. The molecule has 5 rings (SSSR count). The van der Waals surface area contributed by atoms with Crippen molar-refractivity contribution in [3.63, 3.8) is 0 Å². The Morgan fingerprint density at radius 2 is 1.87 bits per heavy atom. The lowest BCUT2D eigenvalue weighted by atomic mass is 9.85. The lowest BCUT2D eigenvalue weighted by Gasteiger charge is -2.32. The van der Waals surface area contributed by atoms with Crippen LogP contribution in [0.2, 0.25) is 5.02 Å². The predicted molar refractivity (Wildman–Crippen MR) is 119 cm³/mol. The van der Waals surface area contributed by atoms with Gasteiger partial charge in [-0.3, -0.25) is 4.79 Å². The molecule has 1 N–H and O–H groups in total. The molecule has 3 aromatic rings. The first-order valence-electron chi connectivity index (χ1n) is 10.0. The van der Waals surface area contributed by atoms with Crippen LogP contribution in [0.15, 0.2) is 59.8 Å². The molecule has 0 amide bonds. The number of allylic oxidation sites excluding steroid dienone is 2. The maximum Gasteiger partial charge on any atom is 0.226 e. The molecule has 2 aliphatic rings. The second-order valence-corrected chi connectivity index (χ2v) is 8.27. The highest BCUT2D eigenvalue weighted by Gasteiger charge is 2.37. The van der Waals surface area contributed by atoms with Gasteiger partial charge in [0.25, 0.3) is 0 Å². The molecule has 0 saturated heterocycles. The molecule has 1 aliphatic carbocycles. The van der Waals surface area contributed by atoms with Gasteiger partial charge in [0.05, 0.1) is 0 Å². The average Bonchev–Trinajstić information content (AvgIpc) is 3.17. The minimum Gasteiger partial charge on any atom is -0.378 e. The highest BCUT2D eigenvalue weighted by Crippen LogP contribution is 2.42. The van der Waals surface area contributed by atoms with Crippen molar-refractivity contribution in [1.82, 2.24) is 14.8 Å². The van der Waals surface area contributed by atoms with E-state index in [4.69, 9.17) is 21.7 Å². The summed E-state index contributed by atoms with van der Waals surface area (Å²) in [5.74, 6) is 1.40. The Kier molecular flexibility index (Phi) is 4.59. The van der Waals surface area contributed by atoms with Crippen molar-refractivity contribution in [3.05, 3.63) is 70.4 Å². The Morgan fingerprint density at radius 3 is 2.60 bits per heavy atom. The number of nitrogens with one attached hydrogen (secondary N) is 1. The molecule has 2 heterocycles. The third-order valence-corrected chi connectivity index (χ3v) is 6.05. The summed E-state index contributed by atoms with van der Waals surface area (Å²) in [4.78, 5) is 19.7. The van der Waals surface area contributed by atoms with Crippen LogP contribution in [0, 0.1) is 0 Å². The third-order valence-electron chi connectivity index (χ3n) is 5.71. The highest BCUT2D eigenvalue weighted by atomic mass is 35.5. The highest BCUT2D eigenvalue weighted by molar-refractivity contribution is 6.31. The number of nitrogens with zero attached hydrogens (tertiary/aromatic N) is 4. The Balaban J connectivity index is 1.64. The van der Waals surface area contributed by atoms with Crippen LogP contribution >= 0.6 is 11.6 Å². The monoisotopic (exact) mass is 419 g/mol. The normalized spacial score (nSPS) is 18.0.